The quantitative estimate of drug-likeness (QED) is 0.868. The van der Waals surface area contributed by atoms with Gasteiger partial charge in [-0.05, 0) is 12.1 Å². The van der Waals surface area contributed by atoms with Crippen molar-refractivity contribution in [3.05, 3.63) is 23.4 Å². The average molecular weight is 313 g/mol. The summed E-state index contributed by atoms with van der Waals surface area (Å²) in [6.07, 6.45) is 1.78. The van der Waals surface area contributed by atoms with Crippen LogP contribution in [0.5, 0.6) is 0 Å². The summed E-state index contributed by atoms with van der Waals surface area (Å²) in [7, 11) is 1.58. The number of hydrogen-bond donors (Lipinski definition) is 1. The van der Waals surface area contributed by atoms with Crippen molar-refractivity contribution in [2.75, 3.05) is 44.7 Å². The van der Waals surface area contributed by atoms with Crippen LogP contribution < -0.4 is 10.6 Å². The number of hydrogen-bond acceptors (Lipinski definition) is 5. The minimum absolute atomic E-state index is 0.0935. The molecule has 1 aliphatic rings. The molecule has 0 radical (unpaired) electrons. The second-order valence-electron chi connectivity index (χ2n) is 5.00. The predicted octanol–water partition coefficient (Wildman–Crippen LogP) is 0.747. The van der Waals surface area contributed by atoms with Crippen molar-refractivity contribution in [1.29, 1.82) is 0 Å². The first-order valence-corrected chi connectivity index (χ1v) is 7.39. The normalized spacial score (nSPS) is 16.9. The molecule has 116 valence electrons. The minimum Gasteiger partial charge on any atom is -0.380 e. The molecule has 21 heavy (non-hydrogen) atoms. The molecule has 6 nitrogen and oxygen atoms in total. The lowest BCUT2D eigenvalue weighted by atomic mass is 10.2. The molecular formula is C14H21ClN4O2. The van der Waals surface area contributed by atoms with Gasteiger partial charge in [-0.3, -0.25) is 4.79 Å². The molecule has 1 atom stereocenters. The van der Waals surface area contributed by atoms with Crippen molar-refractivity contribution in [2.24, 2.45) is 5.73 Å². The van der Waals surface area contributed by atoms with Crippen molar-refractivity contribution in [3.63, 3.8) is 0 Å². The molecule has 1 aliphatic heterocycles. The van der Waals surface area contributed by atoms with Gasteiger partial charge in [0, 0.05) is 46.0 Å². The Morgan fingerprint density at radius 2 is 2.14 bits per heavy atom. The molecule has 0 saturated carbocycles. The fourth-order valence-electron chi connectivity index (χ4n) is 2.33. The van der Waals surface area contributed by atoms with Gasteiger partial charge in [0.05, 0.1) is 17.5 Å². The van der Waals surface area contributed by atoms with Gasteiger partial charge in [0.1, 0.15) is 5.82 Å². The zero-order chi connectivity index (χ0) is 15.2. The van der Waals surface area contributed by atoms with Gasteiger partial charge in [-0.15, -0.1) is 0 Å². The highest BCUT2D eigenvalue weighted by molar-refractivity contribution is 6.30. The van der Waals surface area contributed by atoms with Gasteiger partial charge in [-0.2, -0.15) is 0 Å². The van der Waals surface area contributed by atoms with Gasteiger partial charge < -0.3 is 20.3 Å². The Labute approximate surface area is 129 Å². The van der Waals surface area contributed by atoms with Crippen LogP contribution in [0.4, 0.5) is 5.82 Å². The van der Waals surface area contributed by atoms with E-state index >= 15 is 0 Å². The van der Waals surface area contributed by atoms with E-state index in [1.807, 2.05) is 17.0 Å². The summed E-state index contributed by atoms with van der Waals surface area (Å²) in [6, 6.07) is 3.72. The van der Waals surface area contributed by atoms with Crippen LogP contribution >= 0.6 is 11.6 Å². The number of nitrogens with two attached hydrogens (primary N) is 1. The van der Waals surface area contributed by atoms with Crippen LogP contribution in [-0.2, 0) is 9.53 Å². The van der Waals surface area contributed by atoms with E-state index in [9.17, 15) is 4.79 Å². The Hall–Kier alpha value is -1.37. The van der Waals surface area contributed by atoms with E-state index in [0.717, 1.165) is 18.9 Å². The number of carbonyl (C=O) groups is 1. The molecule has 0 bridgehead atoms. The molecule has 7 heteroatoms. The lowest BCUT2D eigenvalue weighted by Gasteiger charge is -2.35. The van der Waals surface area contributed by atoms with E-state index in [2.05, 4.69) is 9.88 Å². The fourth-order valence-corrected chi connectivity index (χ4v) is 2.44. The number of carbonyl (C=O) groups excluding carboxylic acids is 1. The van der Waals surface area contributed by atoms with Crippen LogP contribution in [0.2, 0.25) is 5.02 Å². The molecule has 2 N–H and O–H groups in total. The van der Waals surface area contributed by atoms with Crippen LogP contribution in [0.1, 0.15) is 6.42 Å². The van der Waals surface area contributed by atoms with E-state index in [-0.39, 0.29) is 12.0 Å². The van der Waals surface area contributed by atoms with Crippen LogP contribution in [0.25, 0.3) is 0 Å². The van der Waals surface area contributed by atoms with Crippen molar-refractivity contribution in [1.82, 2.24) is 9.88 Å². The van der Waals surface area contributed by atoms with Gasteiger partial charge in [-0.25, -0.2) is 4.98 Å². The molecule has 2 rings (SSSR count). The SMILES string of the molecule is COC(CN)CC(=O)N1CCN(c2ccc(Cl)cn2)CC1. The van der Waals surface area contributed by atoms with Crippen LogP contribution in [0, 0.1) is 0 Å². The van der Waals surface area contributed by atoms with Gasteiger partial charge in [-0.1, -0.05) is 11.6 Å². The summed E-state index contributed by atoms with van der Waals surface area (Å²) in [4.78, 5) is 20.5. The Kier molecular flexibility index (Phi) is 5.78. The van der Waals surface area contributed by atoms with Gasteiger partial charge in [0.25, 0.3) is 0 Å². The van der Waals surface area contributed by atoms with E-state index in [1.54, 1.807) is 13.3 Å². The highest BCUT2D eigenvalue weighted by atomic mass is 35.5. The number of aromatic nitrogens is 1. The van der Waals surface area contributed by atoms with E-state index in [0.29, 0.717) is 31.1 Å². The summed E-state index contributed by atoms with van der Waals surface area (Å²) < 4.78 is 5.16. The summed E-state index contributed by atoms with van der Waals surface area (Å²) in [5, 5.41) is 0.625. The van der Waals surface area contributed by atoms with Gasteiger partial charge >= 0.3 is 0 Å². The number of nitrogens with zero attached hydrogens (tertiary/aromatic N) is 3. The summed E-state index contributed by atoms with van der Waals surface area (Å²) in [5.41, 5.74) is 5.55. The molecule has 0 aliphatic carbocycles. The molecule has 2 heterocycles. The van der Waals surface area contributed by atoms with Crippen LogP contribution in [-0.4, -0.2) is 61.7 Å². The number of halogens is 1. The zero-order valence-corrected chi connectivity index (χ0v) is 12.9. The second-order valence-corrected chi connectivity index (χ2v) is 5.44. The standard InChI is InChI=1S/C14H21ClN4O2/c1-21-12(9-16)8-14(20)19-6-4-18(5-7-19)13-3-2-11(15)10-17-13/h2-3,10,12H,4-9,16H2,1H3. The summed E-state index contributed by atoms with van der Waals surface area (Å²) in [6.45, 7) is 3.26. The maximum absolute atomic E-state index is 12.2. The Balaban J connectivity index is 1.85. The maximum Gasteiger partial charge on any atom is 0.225 e. The topological polar surface area (TPSA) is 71.7 Å². The molecule has 1 aromatic heterocycles. The van der Waals surface area contributed by atoms with Gasteiger partial charge in [0.2, 0.25) is 5.91 Å². The largest absolute Gasteiger partial charge is 0.380 e. The lowest BCUT2D eigenvalue weighted by molar-refractivity contribution is -0.133. The molecule has 1 saturated heterocycles. The average Bonchev–Trinajstić information content (AvgIpc) is 2.53. The number of methoxy groups -OCH3 is 1. The van der Waals surface area contributed by atoms with Crippen molar-refractivity contribution in [3.8, 4) is 0 Å². The van der Waals surface area contributed by atoms with E-state index in [4.69, 9.17) is 22.1 Å². The Bertz CT molecular complexity index is 457. The lowest BCUT2D eigenvalue weighted by Crippen LogP contribution is -2.49. The fraction of sp³-hybridized carbons (Fsp3) is 0.571. The van der Waals surface area contributed by atoms with E-state index in [1.165, 1.54) is 0 Å². The first-order chi connectivity index (χ1) is 10.1. The zero-order valence-electron chi connectivity index (χ0n) is 12.2. The summed E-state index contributed by atoms with van der Waals surface area (Å²) >= 11 is 5.84. The third kappa shape index (κ3) is 4.30. The molecule has 1 aromatic rings. The smallest absolute Gasteiger partial charge is 0.225 e. The number of amides is 1. The predicted molar refractivity (Wildman–Crippen MR) is 82.5 cm³/mol. The third-order valence-corrected chi connectivity index (χ3v) is 3.89. The number of anilines is 1. The summed E-state index contributed by atoms with van der Waals surface area (Å²) in [5.74, 6) is 0.985. The van der Waals surface area contributed by atoms with Crippen molar-refractivity contribution < 1.29 is 9.53 Å². The molecule has 0 aromatic carbocycles. The second kappa shape index (κ2) is 7.59. The molecule has 1 fully saturated rings. The number of pyridine rings is 1. The number of piperazine rings is 1. The van der Waals surface area contributed by atoms with E-state index < -0.39 is 0 Å². The highest BCUT2D eigenvalue weighted by Crippen LogP contribution is 2.16. The highest BCUT2D eigenvalue weighted by Gasteiger charge is 2.23. The molecule has 0 spiro atoms. The van der Waals surface area contributed by atoms with Crippen molar-refractivity contribution >= 4 is 23.3 Å². The van der Waals surface area contributed by atoms with Gasteiger partial charge in [0.15, 0.2) is 0 Å². The van der Waals surface area contributed by atoms with Crippen LogP contribution in [0.3, 0.4) is 0 Å². The Morgan fingerprint density at radius 1 is 1.43 bits per heavy atom. The van der Waals surface area contributed by atoms with Crippen molar-refractivity contribution in [2.45, 2.75) is 12.5 Å². The number of ether oxygens (including phenoxy) is 1. The third-order valence-electron chi connectivity index (χ3n) is 3.67. The monoisotopic (exact) mass is 312 g/mol. The number of rotatable bonds is 5. The van der Waals surface area contributed by atoms with Crippen LogP contribution in [0.15, 0.2) is 18.3 Å². The minimum atomic E-state index is -0.200. The maximum atomic E-state index is 12.2. The first-order valence-electron chi connectivity index (χ1n) is 7.01. The Morgan fingerprint density at radius 3 is 2.67 bits per heavy atom. The molecule has 1 amide bonds. The first kappa shape index (κ1) is 16.0. The molecule has 1 unspecified atom stereocenters. The molecular weight excluding hydrogens is 292 g/mol.